The number of methoxy groups -OCH3 is 1. The molecule has 0 N–H and O–H groups in total. The van der Waals surface area contributed by atoms with Gasteiger partial charge in [0.1, 0.15) is 12.4 Å². The number of hydrogen-bond donors (Lipinski definition) is 0. The molecule has 0 radical (unpaired) electrons. The van der Waals surface area contributed by atoms with Crippen LogP contribution >= 0.6 is 0 Å². The molecule has 0 atom stereocenters. The highest BCUT2D eigenvalue weighted by atomic mass is 16.5. The van der Waals surface area contributed by atoms with Gasteiger partial charge in [0.25, 0.3) is 0 Å². The van der Waals surface area contributed by atoms with Crippen LogP contribution in [0.3, 0.4) is 0 Å². The van der Waals surface area contributed by atoms with E-state index < -0.39 is 0 Å². The van der Waals surface area contributed by atoms with Crippen LogP contribution in [0.4, 0.5) is 0 Å². The van der Waals surface area contributed by atoms with Gasteiger partial charge in [0.2, 0.25) is 5.88 Å². The van der Waals surface area contributed by atoms with Gasteiger partial charge in [-0.2, -0.15) is 0 Å². The van der Waals surface area contributed by atoms with Gasteiger partial charge in [-0.3, -0.25) is 4.90 Å². The average molecular weight is 415 g/mol. The van der Waals surface area contributed by atoms with E-state index in [1.165, 1.54) is 24.0 Å². The Kier molecular flexibility index (Phi) is 7.35. The fourth-order valence-electron chi connectivity index (χ4n) is 3.97. The minimum Gasteiger partial charge on any atom is -0.489 e. The number of aromatic nitrogens is 1. The maximum Gasteiger partial charge on any atom is 0.217 e. The Bertz CT molecular complexity index is 979. The quantitative estimate of drug-likeness (QED) is 0.481. The van der Waals surface area contributed by atoms with Crippen molar-refractivity contribution in [2.24, 2.45) is 5.92 Å². The van der Waals surface area contributed by atoms with Crippen LogP contribution in [-0.4, -0.2) is 30.1 Å². The predicted molar refractivity (Wildman–Crippen MR) is 125 cm³/mol. The molecule has 1 aromatic heterocycles. The third-order valence-corrected chi connectivity index (χ3v) is 5.74. The molecule has 0 spiro atoms. The fraction of sp³-hybridized carbons (Fsp3) is 0.296. The Morgan fingerprint density at radius 1 is 1.00 bits per heavy atom. The van der Waals surface area contributed by atoms with Gasteiger partial charge in [-0.15, -0.1) is 0 Å². The zero-order valence-corrected chi connectivity index (χ0v) is 18.1. The summed E-state index contributed by atoms with van der Waals surface area (Å²) in [7, 11) is 1.69. The molecule has 0 amide bonds. The number of ether oxygens (including phenoxy) is 2. The topological polar surface area (TPSA) is 34.6 Å². The summed E-state index contributed by atoms with van der Waals surface area (Å²) in [5, 5.41) is 0. The third kappa shape index (κ3) is 6.19. The largest absolute Gasteiger partial charge is 0.489 e. The van der Waals surface area contributed by atoms with Gasteiger partial charge in [0.05, 0.1) is 7.11 Å². The van der Waals surface area contributed by atoms with Crippen LogP contribution in [-0.2, 0) is 13.2 Å². The van der Waals surface area contributed by atoms with Gasteiger partial charge in [-0.05, 0) is 61.2 Å². The summed E-state index contributed by atoms with van der Waals surface area (Å²) < 4.78 is 11.3. The maximum absolute atomic E-state index is 5.96. The molecule has 2 heterocycles. The predicted octanol–water partition coefficient (Wildman–Crippen LogP) is 5.59. The Morgan fingerprint density at radius 2 is 1.84 bits per heavy atom. The summed E-state index contributed by atoms with van der Waals surface area (Å²) in [6, 6.07) is 22.7. The van der Waals surface area contributed by atoms with Gasteiger partial charge in [-0.25, -0.2) is 4.98 Å². The lowest BCUT2D eigenvalue weighted by atomic mass is 9.95. The lowest BCUT2D eigenvalue weighted by molar-refractivity contribution is 0.193. The molecule has 1 fully saturated rings. The molecule has 4 rings (SSSR count). The summed E-state index contributed by atoms with van der Waals surface area (Å²) in [4.78, 5) is 6.80. The minimum atomic E-state index is 0.591. The summed E-state index contributed by atoms with van der Waals surface area (Å²) >= 11 is 0. The number of allylic oxidation sites excluding steroid dienone is 1. The first-order chi connectivity index (χ1) is 15.3. The zero-order valence-electron chi connectivity index (χ0n) is 18.1. The van der Waals surface area contributed by atoms with Gasteiger partial charge < -0.3 is 9.47 Å². The second-order valence-electron chi connectivity index (χ2n) is 7.99. The number of pyridine rings is 1. The monoisotopic (exact) mass is 414 g/mol. The second kappa shape index (κ2) is 10.8. The molecule has 4 nitrogen and oxygen atoms in total. The average Bonchev–Trinajstić information content (AvgIpc) is 2.84. The molecule has 0 aliphatic carbocycles. The molecular formula is C27H30N2O2. The van der Waals surface area contributed by atoms with Crippen molar-refractivity contribution < 1.29 is 9.47 Å². The lowest BCUT2D eigenvalue weighted by Gasteiger charge is -2.30. The van der Waals surface area contributed by atoms with E-state index >= 15 is 0 Å². The van der Waals surface area contributed by atoms with Crippen LogP contribution in [0.2, 0.25) is 0 Å². The van der Waals surface area contributed by atoms with Gasteiger partial charge in [0, 0.05) is 18.3 Å². The number of likely N-dealkylation sites (tertiary alicyclic amines) is 1. The highest BCUT2D eigenvalue weighted by Gasteiger charge is 2.18. The van der Waals surface area contributed by atoms with Crippen molar-refractivity contribution in [3.05, 3.63) is 95.7 Å². The Hall–Kier alpha value is -3.11. The van der Waals surface area contributed by atoms with Gasteiger partial charge >= 0.3 is 0 Å². The van der Waals surface area contributed by atoms with E-state index in [2.05, 4.69) is 58.4 Å². The van der Waals surface area contributed by atoms with E-state index in [4.69, 9.17) is 9.47 Å². The standard InChI is InChI=1S/C27H30N2O2/c1-30-27-25(10-6-16-28-27)20-29-17-14-22(15-18-29)12-13-23-9-5-11-26(19-23)31-21-24-7-3-2-4-8-24/h2-13,16,19,22H,14-15,17-18,20-21H2,1H3/b13-12+. The molecule has 0 saturated carbocycles. The van der Waals surface area contributed by atoms with Gasteiger partial charge in [-0.1, -0.05) is 60.7 Å². The van der Waals surface area contributed by atoms with Crippen molar-refractivity contribution in [3.63, 3.8) is 0 Å². The normalized spacial score (nSPS) is 15.3. The number of piperidine rings is 1. The summed E-state index contributed by atoms with van der Waals surface area (Å²) in [5.41, 5.74) is 3.53. The van der Waals surface area contributed by atoms with Gasteiger partial charge in [0.15, 0.2) is 0 Å². The Labute approximate surface area is 185 Å². The first kappa shape index (κ1) is 21.1. The van der Waals surface area contributed by atoms with Crippen molar-refractivity contribution in [1.82, 2.24) is 9.88 Å². The van der Waals surface area contributed by atoms with Crippen LogP contribution in [0.25, 0.3) is 6.08 Å². The molecule has 0 unspecified atom stereocenters. The highest BCUT2D eigenvalue weighted by molar-refractivity contribution is 5.52. The molecule has 0 bridgehead atoms. The number of hydrogen-bond acceptors (Lipinski definition) is 4. The second-order valence-corrected chi connectivity index (χ2v) is 7.99. The van der Waals surface area contributed by atoms with E-state index in [0.717, 1.165) is 36.8 Å². The van der Waals surface area contributed by atoms with Crippen molar-refractivity contribution in [2.45, 2.75) is 26.0 Å². The molecule has 1 saturated heterocycles. The van der Waals surface area contributed by atoms with Crippen molar-refractivity contribution in [1.29, 1.82) is 0 Å². The van der Waals surface area contributed by atoms with E-state index in [-0.39, 0.29) is 0 Å². The summed E-state index contributed by atoms with van der Waals surface area (Å²) in [5.74, 6) is 2.26. The number of rotatable bonds is 8. The molecule has 4 heteroatoms. The molecule has 3 aromatic rings. The van der Waals surface area contributed by atoms with E-state index in [1.807, 2.05) is 30.3 Å². The van der Waals surface area contributed by atoms with Crippen LogP contribution in [0.5, 0.6) is 11.6 Å². The van der Waals surface area contributed by atoms with Crippen molar-refractivity contribution in [2.75, 3.05) is 20.2 Å². The molecule has 1 aliphatic heterocycles. The first-order valence-corrected chi connectivity index (χ1v) is 11.0. The zero-order chi connectivity index (χ0) is 21.3. The van der Waals surface area contributed by atoms with Crippen LogP contribution in [0.1, 0.15) is 29.5 Å². The van der Waals surface area contributed by atoms with Crippen LogP contribution in [0, 0.1) is 5.92 Å². The molecular weight excluding hydrogens is 384 g/mol. The number of benzene rings is 2. The smallest absolute Gasteiger partial charge is 0.217 e. The van der Waals surface area contributed by atoms with Crippen molar-refractivity contribution in [3.8, 4) is 11.6 Å². The fourth-order valence-corrected chi connectivity index (χ4v) is 3.97. The van der Waals surface area contributed by atoms with E-state index in [1.54, 1.807) is 13.3 Å². The van der Waals surface area contributed by atoms with Crippen LogP contribution < -0.4 is 9.47 Å². The Balaban J connectivity index is 1.27. The maximum atomic E-state index is 5.96. The van der Waals surface area contributed by atoms with E-state index in [0.29, 0.717) is 12.5 Å². The molecule has 160 valence electrons. The summed E-state index contributed by atoms with van der Waals surface area (Å²) in [6.07, 6.45) is 8.71. The molecule has 1 aliphatic rings. The molecule has 31 heavy (non-hydrogen) atoms. The van der Waals surface area contributed by atoms with Crippen molar-refractivity contribution >= 4 is 6.08 Å². The first-order valence-electron chi connectivity index (χ1n) is 11.0. The lowest BCUT2D eigenvalue weighted by Crippen LogP contribution is -2.32. The number of nitrogens with zero attached hydrogens (tertiary/aromatic N) is 2. The SMILES string of the molecule is COc1ncccc1CN1CCC(/C=C/c2cccc(OCc3ccccc3)c2)CC1. The van der Waals surface area contributed by atoms with Crippen LogP contribution in [0.15, 0.2) is 79.0 Å². The summed E-state index contributed by atoms with van der Waals surface area (Å²) in [6.45, 7) is 3.67. The molecule has 2 aromatic carbocycles. The Morgan fingerprint density at radius 3 is 2.65 bits per heavy atom. The minimum absolute atomic E-state index is 0.591. The van der Waals surface area contributed by atoms with E-state index in [9.17, 15) is 0 Å². The third-order valence-electron chi connectivity index (χ3n) is 5.74. The highest BCUT2D eigenvalue weighted by Crippen LogP contribution is 2.24.